The highest BCUT2D eigenvalue weighted by Gasteiger charge is 2.02. The molecule has 0 aliphatic heterocycles. The average Bonchev–Trinajstić information content (AvgIpc) is 2.43. The maximum Gasteiger partial charge on any atom is -0.00868 e. The van der Waals surface area contributed by atoms with Crippen molar-refractivity contribution in [3.63, 3.8) is 0 Å². The molecule has 0 heterocycles. The summed E-state index contributed by atoms with van der Waals surface area (Å²) in [5.41, 5.74) is 1.36. The molecule has 0 bridgehead atoms. The normalized spacial score (nSPS) is 11.2. The van der Waals surface area contributed by atoms with Crippen LogP contribution in [0.1, 0.15) is 25.3 Å². The van der Waals surface area contributed by atoms with Gasteiger partial charge in [-0.3, -0.25) is 0 Å². The second kappa shape index (κ2) is 4.81. The van der Waals surface area contributed by atoms with Crippen molar-refractivity contribution >= 4 is 21.5 Å². The van der Waals surface area contributed by atoms with E-state index in [1.54, 1.807) is 0 Å². The molecule has 3 rings (SSSR count). The van der Waals surface area contributed by atoms with Crippen LogP contribution in [0, 0.1) is 6.42 Å². The van der Waals surface area contributed by atoms with E-state index in [0.29, 0.717) is 0 Å². The average molecular weight is 233 g/mol. The molecule has 0 amide bonds. The van der Waals surface area contributed by atoms with E-state index < -0.39 is 0 Å². The molecule has 0 atom stereocenters. The van der Waals surface area contributed by atoms with Gasteiger partial charge in [0.15, 0.2) is 0 Å². The van der Waals surface area contributed by atoms with Gasteiger partial charge in [-0.05, 0) is 52.1 Å². The summed E-state index contributed by atoms with van der Waals surface area (Å²) in [5, 5.41) is 5.34. The van der Waals surface area contributed by atoms with Gasteiger partial charge in [-0.25, -0.2) is 0 Å². The highest BCUT2D eigenvalue weighted by atomic mass is 14.1. The number of hydrogen-bond donors (Lipinski definition) is 0. The summed E-state index contributed by atoms with van der Waals surface area (Å²) in [7, 11) is 0. The molecule has 3 aromatic carbocycles. The zero-order valence-electron chi connectivity index (χ0n) is 10.7. The molecule has 0 aliphatic carbocycles. The molecule has 0 saturated carbocycles. The molecule has 0 aliphatic rings. The van der Waals surface area contributed by atoms with Crippen molar-refractivity contribution in [2.75, 3.05) is 0 Å². The summed E-state index contributed by atoms with van der Waals surface area (Å²) in [6.45, 7) is 2.22. The third kappa shape index (κ3) is 1.99. The van der Waals surface area contributed by atoms with Gasteiger partial charge in [0, 0.05) is 0 Å². The molecular formula is C18H17. The molecule has 0 N–H and O–H groups in total. The van der Waals surface area contributed by atoms with Crippen molar-refractivity contribution in [1.82, 2.24) is 0 Å². The Morgan fingerprint density at radius 3 is 2.33 bits per heavy atom. The van der Waals surface area contributed by atoms with Crippen LogP contribution in [0.15, 0.2) is 54.6 Å². The first-order valence-electron chi connectivity index (χ1n) is 6.63. The monoisotopic (exact) mass is 233 g/mol. The standard InChI is InChI=1S/C18H17/c1-2-3-7-14-10-6-11-17-12-15-8-4-5-9-16(15)13-18(14)17/h4-13H,2-3H2,1H3. The minimum atomic E-state index is 1.14. The Morgan fingerprint density at radius 2 is 1.56 bits per heavy atom. The van der Waals surface area contributed by atoms with Crippen LogP contribution in [0.25, 0.3) is 21.5 Å². The number of hydrogen-bond acceptors (Lipinski definition) is 0. The predicted molar refractivity (Wildman–Crippen MR) is 79.8 cm³/mol. The lowest BCUT2D eigenvalue weighted by Gasteiger charge is -2.07. The van der Waals surface area contributed by atoms with Crippen molar-refractivity contribution in [2.24, 2.45) is 0 Å². The fourth-order valence-corrected chi connectivity index (χ4v) is 2.47. The van der Waals surface area contributed by atoms with Crippen molar-refractivity contribution in [1.29, 1.82) is 0 Å². The lowest BCUT2D eigenvalue weighted by Crippen LogP contribution is -1.85. The minimum Gasteiger partial charge on any atom is -0.0654 e. The Balaban J connectivity index is 2.22. The Hall–Kier alpha value is -1.82. The van der Waals surface area contributed by atoms with Gasteiger partial charge >= 0.3 is 0 Å². The summed E-state index contributed by atoms with van der Waals surface area (Å²) in [5.74, 6) is 0. The smallest absolute Gasteiger partial charge is 0.00868 e. The second-order valence-electron chi connectivity index (χ2n) is 4.76. The van der Waals surface area contributed by atoms with Gasteiger partial charge in [0.05, 0.1) is 0 Å². The van der Waals surface area contributed by atoms with Crippen LogP contribution in [0.4, 0.5) is 0 Å². The van der Waals surface area contributed by atoms with Crippen LogP contribution in [-0.4, -0.2) is 0 Å². The molecule has 0 spiro atoms. The van der Waals surface area contributed by atoms with Crippen LogP contribution >= 0.6 is 0 Å². The highest BCUT2D eigenvalue weighted by molar-refractivity contribution is 6.00. The number of benzene rings is 3. The van der Waals surface area contributed by atoms with Gasteiger partial charge in [-0.15, -0.1) is 0 Å². The van der Waals surface area contributed by atoms with E-state index >= 15 is 0 Å². The summed E-state index contributed by atoms with van der Waals surface area (Å²) in [6, 6.07) is 19.7. The largest absolute Gasteiger partial charge is 0.0654 e. The molecule has 3 aromatic rings. The summed E-state index contributed by atoms with van der Waals surface area (Å²) in [4.78, 5) is 0. The van der Waals surface area contributed by atoms with Crippen LogP contribution in [0.5, 0.6) is 0 Å². The van der Waals surface area contributed by atoms with Gasteiger partial charge in [-0.2, -0.15) is 0 Å². The lowest BCUT2D eigenvalue weighted by atomic mass is 9.97. The first-order chi connectivity index (χ1) is 8.88. The van der Waals surface area contributed by atoms with Gasteiger partial charge in [0.2, 0.25) is 0 Å². The molecule has 0 fully saturated rings. The topological polar surface area (TPSA) is 0 Å². The Labute approximate surface area is 108 Å². The van der Waals surface area contributed by atoms with Gasteiger partial charge in [0.1, 0.15) is 0 Å². The van der Waals surface area contributed by atoms with E-state index in [2.05, 4.69) is 67.9 Å². The lowest BCUT2D eigenvalue weighted by molar-refractivity contribution is 0.916. The van der Waals surface area contributed by atoms with Gasteiger partial charge in [0.25, 0.3) is 0 Å². The maximum atomic E-state index is 2.34. The third-order valence-corrected chi connectivity index (χ3v) is 3.43. The zero-order valence-corrected chi connectivity index (χ0v) is 10.7. The van der Waals surface area contributed by atoms with E-state index in [1.165, 1.54) is 33.5 Å². The third-order valence-electron chi connectivity index (χ3n) is 3.43. The Bertz CT molecular complexity index is 680. The molecule has 0 nitrogen and oxygen atoms in total. The number of unbranched alkanes of at least 4 members (excludes halogenated alkanes) is 1. The first kappa shape index (κ1) is 11.3. The number of fused-ring (bicyclic) bond motifs is 2. The quantitative estimate of drug-likeness (QED) is 0.535. The summed E-state index contributed by atoms with van der Waals surface area (Å²) < 4.78 is 0. The second-order valence-corrected chi connectivity index (χ2v) is 4.76. The van der Waals surface area contributed by atoms with Crippen molar-refractivity contribution < 1.29 is 0 Å². The molecule has 0 aromatic heterocycles. The van der Waals surface area contributed by atoms with Gasteiger partial charge < -0.3 is 0 Å². The van der Waals surface area contributed by atoms with E-state index in [4.69, 9.17) is 0 Å². The summed E-state index contributed by atoms with van der Waals surface area (Å²) in [6.07, 6.45) is 4.69. The van der Waals surface area contributed by atoms with E-state index in [0.717, 1.165) is 6.42 Å². The van der Waals surface area contributed by atoms with Crippen molar-refractivity contribution in [3.05, 3.63) is 66.6 Å². The van der Waals surface area contributed by atoms with E-state index in [1.807, 2.05) is 0 Å². The molecule has 89 valence electrons. The Kier molecular flexibility index (Phi) is 3.02. The predicted octanol–water partition coefficient (Wildman–Crippen LogP) is 5.35. The fourth-order valence-electron chi connectivity index (χ4n) is 2.47. The maximum absolute atomic E-state index is 2.34. The fraction of sp³-hybridized carbons (Fsp3) is 0.167. The SMILES string of the molecule is CCC[CH]c1cccc2cc3ccccc3cc12. The Morgan fingerprint density at radius 1 is 0.833 bits per heavy atom. The highest BCUT2D eigenvalue weighted by Crippen LogP contribution is 2.26. The van der Waals surface area contributed by atoms with Gasteiger partial charge in [-0.1, -0.05) is 55.8 Å². The molecular weight excluding hydrogens is 216 g/mol. The van der Waals surface area contributed by atoms with Crippen molar-refractivity contribution in [2.45, 2.75) is 19.8 Å². The first-order valence-corrected chi connectivity index (χ1v) is 6.63. The van der Waals surface area contributed by atoms with E-state index in [9.17, 15) is 0 Å². The van der Waals surface area contributed by atoms with Crippen molar-refractivity contribution in [3.8, 4) is 0 Å². The minimum absolute atomic E-state index is 1.14. The van der Waals surface area contributed by atoms with Crippen LogP contribution in [0.3, 0.4) is 0 Å². The van der Waals surface area contributed by atoms with Crippen LogP contribution in [-0.2, 0) is 0 Å². The zero-order chi connectivity index (χ0) is 12.4. The van der Waals surface area contributed by atoms with Crippen LogP contribution < -0.4 is 0 Å². The summed E-state index contributed by atoms with van der Waals surface area (Å²) >= 11 is 0. The number of rotatable bonds is 3. The molecule has 0 saturated heterocycles. The van der Waals surface area contributed by atoms with E-state index in [-0.39, 0.29) is 0 Å². The van der Waals surface area contributed by atoms with Crippen LogP contribution in [0.2, 0.25) is 0 Å². The molecule has 18 heavy (non-hydrogen) atoms. The molecule has 1 radical (unpaired) electrons. The molecule has 0 unspecified atom stereocenters. The molecule has 0 heteroatoms.